The molecular weight excluding hydrogens is 314 g/mol. The van der Waals surface area contributed by atoms with Crippen molar-refractivity contribution in [1.82, 2.24) is 10.2 Å². The van der Waals surface area contributed by atoms with Crippen LogP contribution in [-0.4, -0.2) is 42.0 Å². The highest BCUT2D eigenvalue weighted by molar-refractivity contribution is 7.84. The molecular formula is C16H21N3O3S. The number of benzene rings is 1. The van der Waals surface area contributed by atoms with Crippen LogP contribution in [0.1, 0.15) is 11.8 Å². The van der Waals surface area contributed by atoms with Gasteiger partial charge in [0.15, 0.2) is 0 Å². The summed E-state index contributed by atoms with van der Waals surface area (Å²) in [6.07, 6.45) is 3.19. The molecule has 0 aliphatic carbocycles. The van der Waals surface area contributed by atoms with Crippen LogP contribution in [0.5, 0.6) is 0 Å². The monoisotopic (exact) mass is 335 g/mol. The van der Waals surface area contributed by atoms with Crippen molar-refractivity contribution in [1.29, 1.82) is 0 Å². The SMILES string of the molecule is CN(C)C(CNC(=O)Nc1ccccc1S(C)=O)c1ccco1. The Bertz CT molecular complexity index is 671. The predicted molar refractivity (Wildman–Crippen MR) is 90.9 cm³/mol. The van der Waals surface area contributed by atoms with Crippen molar-refractivity contribution in [2.45, 2.75) is 10.9 Å². The molecule has 1 aromatic carbocycles. The van der Waals surface area contributed by atoms with Crippen LogP contribution in [-0.2, 0) is 10.8 Å². The standard InChI is InChI=1S/C16H21N3O3S/c1-19(2)13(14-8-6-10-22-14)11-17-16(20)18-12-7-4-5-9-15(12)23(3)21/h4-10,13H,11H2,1-3H3,(H2,17,18,20). The lowest BCUT2D eigenvalue weighted by Crippen LogP contribution is -2.36. The fourth-order valence-corrected chi connectivity index (χ4v) is 2.89. The van der Waals surface area contributed by atoms with E-state index in [1.807, 2.05) is 31.1 Å². The van der Waals surface area contributed by atoms with Gasteiger partial charge in [0.2, 0.25) is 0 Å². The molecule has 2 N–H and O–H groups in total. The highest BCUT2D eigenvalue weighted by Crippen LogP contribution is 2.19. The molecule has 0 aliphatic heterocycles. The topological polar surface area (TPSA) is 74.6 Å². The third kappa shape index (κ3) is 4.67. The average molecular weight is 335 g/mol. The quantitative estimate of drug-likeness (QED) is 0.850. The number of nitrogens with one attached hydrogen (secondary N) is 2. The van der Waals surface area contributed by atoms with Crippen LogP contribution in [0.15, 0.2) is 52.0 Å². The number of para-hydroxylation sites is 1. The minimum Gasteiger partial charge on any atom is -0.468 e. The molecule has 2 aromatic rings. The molecule has 0 bridgehead atoms. The maximum atomic E-state index is 12.1. The number of carbonyl (C=O) groups excluding carboxylic acids is 1. The lowest BCUT2D eigenvalue weighted by molar-refractivity contribution is 0.233. The first-order valence-electron chi connectivity index (χ1n) is 7.16. The van der Waals surface area contributed by atoms with Gasteiger partial charge in [0.25, 0.3) is 0 Å². The third-order valence-corrected chi connectivity index (χ3v) is 4.37. The lowest BCUT2D eigenvalue weighted by Gasteiger charge is -2.22. The van der Waals surface area contributed by atoms with Gasteiger partial charge in [0, 0.05) is 12.8 Å². The molecule has 124 valence electrons. The summed E-state index contributed by atoms with van der Waals surface area (Å²) in [5, 5.41) is 5.56. The molecule has 0 aliphatic rings. The Balaban J connectivity index is 1.99. The van der Waals surface area contributed by atoms with E-state index >= 15 is 0 Å². The van der Waals surface area contributed by atoms with Gasteiger partial charge in [-0.2, -0.15) is 0 Å². The predicted octanol–water partition coefficient (Wildman–Crippen LogP) is 2.44. The van der Waals surface area contributed by atoms with Crippen LogP contribution in [0.2, 0.25) is 0 Å². The van der Waals surface area contributed by atoms with Crippen molar-refractivity contribution in [3.8, 4) is 0 Å². The van der Waals surface area contributed by atoms with Gasteiger partial charge < -0.3 is 15.1 Å². The first-order valence-corrected chi connectivity index (χ1v) is 8.72. The van der Waals surface area contributed by atoms with Crippen LogP contribution in [0.25, 0.3) is 0 Å². The molecule has 2 atom stereocenters. The number of carbonyl (C=O) groups is 1. The summed E-state index contributed by atoms with van der Waals surface area (Å²) in [7, 11) is 2.67. The number of amides is 2. The van der Waals surface area contributed by atoms with Crippen LogP contribution in [0.3, 0.4) is 0 Å². The second-order valence-electron chi connectivity index (χ2n) is 5.28. The van der Waals surface area contributed by atoms with Gasteiger partial charge in [-0.1, -0.05) is 12.1 Å². The Morgan fingerprint density at radius 3 is 2.61 bits per heavy atom. The van der Waals surface area contributed by atoms with Crippen LogP contribution < -0.4 is 10.6 Å². The summed E-state index contributed by atoms with van der Waals surface area (Å²) in [6, 6.07) is 10.3. The summed E-state index contributed by atoms with van der Waals surface area (Å²) < 4.78 is 17.1. The number of nitrogens with zero attached hydrogens (tertiary/aromatic N) is 1. The van der Waals surface area contributed by atoms with Gasteiger partial charge in [-0.05, 0) is 38.4 Å². The number of furan rings is 1. The number of rotatable bonds is 6. The van der Waals surface area contributed by atoms with Crippen molar-refractivity contribution < 1.29 is 13.4 Å². The van der Waals surface area contributed by atoms with E-state index in [4.69, 9.17) is 4.42 Å². The molecule has 0 saturated heterocycles. The van der Waals surface area contributed by atoms with Crippen molar-refractivity contribution in [3.05, 3.63) is 48.4 Å². The number of urea groups is 1. The van der Waals surface area contributed by atoms with Gasteiger partial charge in [-0.15, -0.1) is 0 Å². The zero-order valence-electron chi connectivity index (χ0n) is 13.4. The molecule has 6 nitrogen and oxygen atoms in total. The Morgan fingerprint density at radius 2 is 2.00 bits per heavy atom. The highest BCUT2D eigenvalue weighted by Gasteiger charge is 2.18. The largest absolute Gasteiger partial charge is 0.468 e. The molecule has 1 heterocycles. The zero-order chi connectivity index (χ0) is 16.8. The van der Waals surface area contributed by atoms with Gasteiger partial charge in [0.05, 0.1) is 33.7 Å². The molecule has 0 radical (unpaired) electrons. The van der Waals surface area contributed by atoms with Crippen LogP contribution >= 0.6 is 0 Å². The van der Waals surface area contributed by atoms with Gasteiger partial charge in [0.1, 0.15) is 5.76 Å². The Labute approximate surface area is 138 Å². The second-order valence-corrected chi connectivity index (χ2v) is 6.63. The molecule has 0 spiro atoms. The Kier molecular flexibility index (Phi) is 5.95. The van der Waals surface area contributed by atoms with Crippen LogP contribution in [0.4, 0.5) is 10.5 Å². The number of hydrogen-bond donors (Lipinski definition) is 2. The summed E-state index contributed by atoms with van der Waals surface area (Å²) >= 11 is 0. The number of likely N-dealkylation sites (N-methyl/N-ethyl adjacent to an activating group) is 1. The molecule has 1 aromatic heterocycles. The minimum atomic E-state index is -1.17. The van der Waals surface area contributed by atoms with Crippen molar-refractivity contribution in [2.24, 2.45) is 0 Å². The van der Waals surface area contributed by atoms with Gasteiger partial charge in [-0.3, -0.25) is 9.11 Å². The first-order chi connectivity index (χ1) is 11.0. The second kappa shape index (κ2) is 7.94. The summed E-state index contributed by atoms with van der Waals surface area (Å²) in [4.78, 5) is 14.7. The minimum absolute atomic E-state index is 0.0636. The fourth-order valence-electron chi connectivity index (χ4n) is 2.19. The van der Waals surface area contributed by atoms with E-state index in [1.165, 1.54) is 0 Å². The summed E-state index contributed by atoms with van der Waals surface area (Å²) in [6.45, 7) is 0.393. The Hall–Kier alpha value is -2.12. The first kappa shape index (κ1) is 17.2. The average Bonchev–Trinajstić information content (AvgIpc) is 3.01. The highest BCUT2D eigenvalue weighted by atomic mass is 32.2. The van der Waals surface area contributed by atoms with E-state index in [9.17, 15) is 9.00 Å². The van der Waals surface area contributed by atoms with Crippen molar-refractivity contribution in [2.75, 3.05) is 32.2 Å². The van der Waals surface area contributed by atoms with Crippen molar-refractivity contribution >= 4 is 22.5 Å². The molecule has 2 unspecified atom stereocenters. The maximum absolute atomic E-state index is 12.1. The molecule has 2 rings (SSSR count). The lowest BCUT2D eigenvalue weighted by atomic mass is 10.2. The number of anilines is 1. The molecule has 0 fully saturated rings. The van der Waals surface area contributed by atoms with E-state index in [0.717, 1.165) is 5.76 Å². The summed E-state index contributed by atoms with van der Waals surface area (Å²) in [5.41, 5.74) is 0.547. The maximum Gasteiger partial charge on any atom is 0.319 e. The van der Waals surface area contributed by atoms with E-state index in [-0.39, 0.29) is 12.1 Å². The van der Waals surface area contributed by atoms with E-state index in [2.05, 4.69) is 10.6 Å². The molecule has 7 heteroatoms. The third-order valence-electron chi connectivity index (χ3n) is 3.40. The smallest absolute Gasteiger partial charge is 0.319 e. The fraction of sp³-hybridized carbons (Fsp3) is 0.312. The molecule has 0 saturated carbocycles. The van der Waals surface area contributed by atoms with Crippen LogP contribution in [0, 0.1) is 0 Å². The van der Waals surface area contributed by atoms with E-state index < -0.39 is 10.8 Å². The summed E-state index contributed by atoms with van der Waals surface area (Å²) in [5.74, 6) is 0.783. The zero-order valence-corrected chi connectivity index (χ0v) is 14.2. The molecule has 2 amide bonds. The number of hydrogen-bond acceptors (Lipinski definition) is 4. The van der Waals surface area contributed by atoms with E-state index in [1.54, 1.807) is 36.8 Å². The van der Waals surface area contributed by atoms with Crippen molar-refractivity contribution in [3.63, 3.8) is 0 Å². The normalized spacial score (nSPS) is 13.6. The Morgan fingerprint density at radius 1 is 1.26 bits per heavy atom. The van der Waals surface area contributed by atoms with Gasteiger partial charge in [-0.25, -0.2) is 4.79 Å². The van der Waals surface area contributed by atoms with Gasteiger partial charge >= 0.3 is 6.03 Å². The van der Waals surface area contributed by atoms with E-state index in [0.29, 0.717) is 17.1 Å². The molecule has 23 heavy (non-hydrogen) atoms.